The summed E-state index contributed by atoms with van der Waals surface area (Å²) >= 11 is 0. The molecule has 4 atom stereocenters. The van der Waals surface area contributed by atoms with Crippen molar-refractivity contribution in [3.63, 3.8) is 0 Å². The maximum atomic E-state index is 12.7. The van der Waals surface area contributed by atoms with Crippen molar-refractivity contribution in [1.82, 2.24) is 14.5 Å². The Hall–Kier alpha value is -3.72. The van der Waals surface area contributed by atoms with Gasteiger partial charge in [0.05, 0.1) is 23.8 Å². The van der Waals surface area contributed by atoms with Gasteiger partial charge in [0, 0.05) is 30.5 Å². The minimum Gasteiger partial charge on any atom is -0.452 e. The second-order valence-electron chi connectivity index (χ2n) is 11.0. The lowest BCUT2D eigenvalue weighted by molar-refractivity contribution is -0.122. The molecule has 0 spiro atoms. The number of ether oxygens (including phenoxy) is 1. The fourth-order valence-corrected chi connectivity index (χ4v) is 6.52. The van der Waals surface area contributed by atoms with E-state index in [-0.39, 0.29) is 23.8 Å². The summed E-state index contributed by atoms with van der Waals surface area (Å²) in [7, 11) is 1.40. The molecule has 2 aromatic carbocycles. The summed E-state index contributed by atoms with van der Waals surface area (Å²) < 4.78 is 12.9. The van der Waals surface area contributed by atoms with Gasteiger partial charge >= 0.3 is 6.09 Å². The number of ketones is 1. The topological polar surface area (TPSA) is 111 Å². The minimum absolute atomic E-state index is 0.00172. The Labute approximate surface area is 226 Å². The van der Waals surface area contributed by atoms with Crippen molar-refractivity contribution < 1.29 is 23.8 Å². The lowest BCUT2D eigenvalue weighted by Crippen LogP contribution is -2.42. The molecule has 0 radical (unpaired) electrons. The molecule has 0 bridgehead atoms. The average Bonchev–Trinajstić information content (AvgIpc) is 3.51. The van der Waals surface area contributed by atoms with E-state index in [1.165, 1.54) is 7.11 Å². The van der Waals surface area contributed by atoms with E-state index in [4.69, 9.17) is 14.1 Å². The molecule has 0 saturated heterocycles. The summed E-state index contributed by atoms with van der Waals surface area (Å²) in [6, 6.07) is 9.50. The van der Waals surface area contributed by atoms with Crippen LogP contribution in [0, 0.1) is 12.8 Å². The fourth-order valence-electron chi connectivity index (χ4n) is 6.52. The Kier molecular flexibility index (Phi) is 6.41. The predicted molar refractivity (Wildman–Crippen MR) is 147 cm³/mol. The van der Waals surface area contributed by atoms with Crippen LogP contribution in [-0.2, 0) is 16.0 Å². The van der Waals surface area contributed by atoms with Crippen LogP contribution < -0.4 is 4.90 Å². The maximum absolute atomic E-state index is 12.7. The summed E-state index contributed by atoms with van der Waals surface area (Å²) in [5, 5.41) is 11.8. The molecular weight excluding hydrogens is 496 g/mol. The number of fused-ring (bicyclic) bond motifs is 4. The van der Waals surface area contributed by atoms with Crippen molar-refractivity contribution in [3.05, 3.63) is 53.2 Å². The first-order chi connectivity index (χ1) is 18.8. The summed E-state index contributed by atoms with van der Waals surface area (Å²) in [5.41, 5.74) is 5.49. The van der Waals surface area contributed by atoms with Gasteiger partial charge in [-0.15, -0.1) is 0 Å². The summed E-state index contributed by atoms with van der Waals surface area (Å²) in [6.07, 6.45) is 3.58. The number of aryl methyl sites for hydroxylation is 2. The van der Waals surface area contributed by atoms with Crippen LogP contribution in [-0.4, -0.2) is 44.7 Å². The van der Waals surface area contributed by atoms with Gasteiger partial charge < -0.3 is 18.8 Å². The zero-order chi connectivity index (χ0) is 27.4. The Bertz CT molecular complexity index is 1590. The molecule has 6 rings (SSSR count). The first-order valence-corrected chi connectivity index (χ1v) is 13.7. The number of anilines is 1. The third kappa shape index (κ3) is 4.29. The predicted octanol–water partition coefficient (Wildman–Crippen LogP) is 5.80. The molecule has 1 saturated carbocycles. The molecule has 1 fully saturated rings. The van der Waals surface area contributed by atoms with Gasteiger partial charge in [-0.05, 0) is 75.8 Å². The largest absolute Gasteiger partial charge is 0.452 e. The number of methoxy groups -OCH3 is 1. The maximum Gasteiger partial charge on any atom is 0.414 e. The molecule has 39 heavy (non-hydrogen) atoms. The normalized spacial score (nSPS) is 22.2. The molecule has 9 heteroatoms. The SMILES string of the molecule is COC(=O)N1c2ccc3c(nc([C@H](O)c4ccc5oc(C)nc5c4)n3[C@@H]3CCC[C@@H](C(C)=O)C3)c2CC[C@@H]1C. The molecule has 204 valence electrons. The molecule has 3 heterocycles. The van der Waals surface area contributed by atoms with Crippen molar-refractivity contribution in [3.8, 4) is 0 Å². The van der Waals surface area contributed by atoms with Crippen LogP contribution in [0.15, 0.2) is 34.7 Å². The van der Waals surface area contributed by atoms with Gasteiger partial charge in [0.2, 0.25) is 0 Å². The fraction of sp³-hybridized carbons (Fsp3) is 0.467. The molecule has 0 unspecified atom stereocenters. The number of oxazole rings is 1. The van der Waals surface area contributed by atoms with Crippen LogP contribution in [0.25, 0.3) is 22.1 Å². The van der Waals surface area contributed by atoms with Gasteiger partial charge in [-0.2, -0.15) is 0 Å². The lowest BCUT2D eigenvalue weighted by atomic mass is 9.83. The number of carbonyl (C=O) groups excluding carboxylic acids is 2. The first kappa shape index (κ1) is 25.6. The van der Waals surface area contributed by atoms with E-state index < -0.39 is 12.2 Å². The minimum atomic E-state index is -1.01. The Morgan fingerprint density at radius 2 is 1.97 bits per heavy atom. The molecule has 1 aliphatic heterocycles. The number of carbonyl (C=O) groups is 2. The molecule has 1 aliphatic carbocycles. The third-order valence-corrected chi connectivity index (χ3v) is 8.52. The van der Waals surface area contributed by atoms with Crippen molar-refractivity contribution >= 4 is 39.7 Å². The molecule has 4 aromatic rings. The number of rotatable bonds is 4. The summed E-state index contributed by atoms with van der Waals surface area (Å²) in [5.74, 6) is 1.31. The number of aromatic nitrogens is 3. The summed E-state index contributed by atoms with van der Waals surface area (Å²) in [4.78, 5) is 36.3. The van der Waals surface area contributed by atoms with Crippen molar-refractivity contribution in [2.45, 2.75) is 77.5 Å². The lowest BCUT2D eigenvalue weighted by Gasteiger charge is -2.34. The van der Waals surface area contributed by atoms with E-state index in [1.807, 2.05) is 37.3 Å². The number of hydrogen-bond donors (Lipinski definition) is 1. The number of nitrogens with zero attached hydrogens (tertiary/aromatic N) is 4. The molecule has 2 aliphatic rings. The van der Waals surface area contributed by atoms with Gasteiger partial charge in [-0.1, -0.05) is 12.5 Å². The highest BCUT2D eigenvalue weighted by Gasteiger charge is 2.35. The van der Waals surface area contributed by atoms with Crippen LogP contribution in [0.2, 0.25) is 0 Å². The van der Waals surface area contributed by atoms with E-state index in [1.54, 1.807) is 18.7 Å². The smallest absolute Gasteiger partial charge is 0.414 e. The standard InChI is InChI=1S/C30H34N4O5/c1-16-8-10-22-24(33(16)30(37)38-4)11-12-25-27(22)32-29(34(25)21-7-5-6-19(14-21)17(2)35)28(36)20-9-13-26-23(15-20)31-18(3)39-26/h9,11-13,15-16,19,21,28,36H,5-8,10,14H2,1-4H3/t16-,19+,21+,28+/m0/s1. The molecule has 9 nitrogen and oxygen atoms in total. The third-order valence-electron chi connectivity index (χ3n) is 8.52. The second-order valence-corrected chi connectivity index (χ2v) is 11.0. The molecule has 1 amide bonds. The number of Topliss-reactive ketones (excluding diaryl/α,β-unsaturated/α-hetero) is 1. The molecule has 1 N–H and O–H groups in total. The van der Waals surface area contributed by atoms with Crippen molar-refractivity contribution in [2.75, 3.05) is 12.0 Å². The van der Waals surface area contributed by atoms with Crippen LogP contribution in [0.4, 0.5) is 10.5 Å². The number of imidazole rings is 1. The number of aliphatic hydroxyl groups excluding tert-OH is 1. The Morgan fingerprint density at radius 1 is 1.15 bits per heavy atom. The van der Waals surface area contributed by atoms with E-state index in [2.05, 4.69) is 9.55 Å². The number of aliphatic hydroxyl groups is 1. The quantitative estimate of drug-likeness (QED) is 0.355. The van der Waals surface area contributed by atoms with Crippen molar-refractivity contribution in [1.29, 1.82) is 0 Å². The van der Waals surface area contributed by atoms with Crippen LogP contribution in [0.1, 0.15) is 80.9 Å². The van der Waals surface area contributed by atoms with Gasteiger partial charge in [-0.25, -0.2) is 14.8 Å². The van der Waals surface area contributed by atoms with E-state index in [0.29, 0.717) is 34.8 Å². The number of benzene rings is 2. The monoisotopic (exact) mass is 530 g/mol. The number of hydrogen-bond acceptors (Lipinski definition) is 7. The highest BCUT2D eigenvalue weighted by molar-refractivity contribution is 5.95. The van der Waals surface area contributed by atoms with Gasteiger partial charge in [0.1, 0.15) is 23.2 Å². The number of amides is 1. The van der Waals surface area contributed by atoms with Gasteiger partial charge in [-0.3, -0.25) is 9.69 Å². The van der Waals surface area contributed by atoms with Crippen LogP contribution >= 0.6 is 0 Å². The van der Waals surface area contributed by atoms with E-state index in [0.717, 1.165) is 54.4 Å². The second kappa shape index (κ2) is 9.79. The van der Waals surface area contributed by atoms with Crippen LogP contribution in [0.5, 0.6) is 0 Å². The Balaban J connectivity index is 1.53. The highest BCUT2D eigenvalue weighted by Crippen LogP contribution is 2.42. The molecule has 2 aromatic heterocycles. The zero-order valence-electron chi connectivity index (χ0n) is 22.8. The van der Waals surface area contributed by atoms with Gasteiger partial charge in [0.25, 0.3) is 0 Å². The van der Waals surface area contributed by atoms with Gasteiger partial charge in [0.15, 0.2) is 11.5 Å². The van der Waals surface area contributed by atoms with E-state index >= 15 is 0 Å². The Morgan fingerprint density at radius 3 is 2.74 bits per heavy atom. The highest BCUT2D eigenvalue weighted by atomic mass is 16.5. The van der Waals surface area contributed by atoms with Crippen LogP contribution in [0.3, 0.4) is 0 Å². The molecular formula is C30H34N4O5. The first-order valence-electron chi connectivity index (χ1n) is 13.7. The van der Waals surface area contributed by atoms with Crippen molar-refractivity contribution in [2.24, 2.45) is 5.92 Å². The average molecular weight is 531 g/mol. The van der Waals surface area contributed by atoms with E-state index in [9.17, 15) is 14.7 Å². The summed E-state index contributed by atoms with van der Waals surface area (Å²) in [6.45, 7) is 5.48. The zero-order valence-corrected chi connectivity index (χ0v) is 22.8.